The molecule has 1 fully saturated rings. The van der Waals surface area contributed by atoms with E-state index in [1.54, 1.807) is 23.1 Å². The summed E-state index contributed by atoms with van der Waals surface area (Å²) in [7, 11) is -3.82. The van der Waals surface area contributed by atoms with Gasteiger partial charge >= 0.3 is 0 Å². The van der Waals surface area contributed by atoms with Crippen LogP contribution in [0.15, 0.2) is 53.4 Å². The van der Waals surface area contributed by atoms with Crippen LogP contribution < -0.4 is 4.72 Å². The molecule has 0 radical (unpaired) electrons. The van der Waals surface area contributed by atoms with Crippen LogP contribution in [-0.2, 0) is 21.4 Å². The number of sulfonamides is 1. The molecule has 5 nitrogen and oxygen atoms in total. The van der Waals surface area contributed by atoms with E-state index in [-0.39, 0.29) is 42.2 Å². The maximum atomic E-state index is 13.9. The minimum Gasteiger partial charge on any atom is -0.335 e. The fourth-order valence-electron chi connectivity index (χ4n) is 2.75. The molecule has 27 heavy (non-hydrogen) atoms. The molecule has 0 heterocycles. The predicted octanol–water partition coefficient (Wildman–Crippen LogP) is 2.82. The number of halogens is 2. The Balaban J connectivity index is 1.58. The quantitative estimate of drug-likeness (QED) is 0.749. The van der Waals surface area contributed by atoms with Gasteiger partial charge in [0.2, 0.25) is 15.9 Å². The van der Waals surface area contributed by atoms with Gasteiger partial charge in [-0.3, -0.25) is 4.79 Å². The van der Waals surface area contributed by atoms with Crippen LogP contribution in [0.3, 0.4) is 0 Å². The molecule has 1 amide bonds. The number of nitrogens with zero attached hydrogens (tertiary/aromatic N) is 1. The summed E-state index contributed by atoms with van der Waals surface area (Å²) < 4.78 is 53.5. The number of rotatable bonds is 8. The number of carbonyl (C=O) groups excluding carboxylic acids is 1. The maximum absolute atomic E-state index is 13.9. The van der Waals surface area contributed by atoms with E-state index < -0.39 is 15.8 Å². The minimum absolute atomic E-state index is 0.0363. The molecular formula is C19H20F2N2O3S. The standard InChI is InChI=1S/C19H20F2N2O3S/c20-15-5-9-17(10-6-15)27(25,26)22-12-11-19(24)23(16-7-8-16)13-14-3-1-2-4-18(14)21/h1-6,9-10,16,22H,7-8,11-13H2. The second-order valence-electron chi connectivity index (χ2n) is 6.45. The molecule has 3 rings (SSSR count). The lowest BCUT2D eigenvalue weighted by atomic mass is 10.2. The molecule has 0 spiro atoms. The van der Waals surface area contributed by atoms with Crippen molar-refractivity contribution >= 4 is 15.9 Å². The highest BCUT2D eigenvalue weighted by molar-refractivity contribution is 7.89. The van der Waals surface area contributed by atoms with Gasteiger partial charge in [-0.15, -0.1) is 0 Å². The summed E-state index contributed by atoms with van der Waals surface area (Å²) in [5.41, 5.74) is 0.435. The van der Waals surface area contributed by atoms with Crippen molar-refractivity contribution in [2.45, 2.75) is 36.7 Å². The second-order valence-corrected chi connectivity index (χ2v) is 8.21. The fourth-order valence-corrected chi connectivity index (χ4v) is 3.78. The van der Waals surface area contributed by atoms with Crippen LogP contribution in [-0.4, -0.2) is 31.8 Å². The van der Waals surface area contributed by atoms with E-state index in [0.717, 1.165) is 37.1 Å². The molecular weight excluding hydrogens is 374 g/mol. The van der Waals surface area contributed by atoms with Gasteiger partial charge in [-0.25, -0.2) is 21.9 Å². The SMILES string of the molecule is O=C(CCNS(=O)(=O)c1ccc(F)cc1)N(Cc1ccccc1F)C1CC1. The molecule has 1 N–H and O–H groups in total. The van der Waals surface area contributed by atoms with Crippen LogP contribution in [0.25, 0.3) is 0 Å². The first-order valence-corrected chi connectivity index (χ1v) is 10.1. The Labute approximate surface area is 157 Å². The number of benzene rings is 2. The normalized spacial score (nSPS) is 14.1. The topological polar surface area (TPSA) is 66.5 Å². The van der Waals surface area contributed by atoms with Crippen LogP contribution in [0.5, 0.6) is 0 Å². The van der Waals surface area contributed by atoms with Crippen molar-refractivity contribution < 1.29 is 22.0 Å². The highest BCUT2D eigenvalue weighted by atomic mass is 32.2. The van der Waals surface area contributed by atoms with Crippen molar-refractivity contribution in [1.82, 2.24) is 9.62 Å². The van der Waals surface area contributed by atoms with Gasteiger partial charge in [-0.2, -0.15) is 0 Å². The summed E-state index contributed by atoms with van der Waals surface area (Å²) in [5.74, 6) is -1.13. The van der Waals surface area contributed by atoms with Gasteiger partial charge in [0.1, 0.15) is 11.6 Å². The predicted molar refractivity (Wildman–Crippen MR) is 96.2 cm³/mol. The van der Waals surface area contributed by atoms with Gasteiger partial charge in [0.25, 0.3) is 0 Å². The van der Waals surface area contributed by atoms with E-state index in [4.69, 9.17) is 0 Å². The molecule has 0 bridgehead atoms. The van der Waals surface area contributed by atoms with E-state index in [1.165, 1.54) is 6.07 Å². The number of carbonyl (C=O) groups is 1. The fraction of sp³-hybridized carbons (Fsp3) is 0.316. The molecule has 0 aliphatic heterocycles. The third kappa shape index (κ3) is 5.11. The molecule has 0 unspecified atom stereocenters. The zero-order valence-electron chi connectivity index (χ0n) is 14.6. The van der Waals surface area contributed by atoms with E-state index in [2.05, 4.69) is 4.72 Å². The van der Waals surface area contributed by atoms with Gasteiger partial charge in [0.15, 0.2) is 0 Å². The molecule has 2 aromatic rings. The molecule has 1 saturated carbocycles. The van der Waals surface area contributed by atoms with Crippen molar-refractivity contribution in [2.24, 2.45) is 0 Å². The Morgan fingerprint density at radius 2 is 1.74 bits per heavy atom. The average Bonchev–Trinajstić information content (AvgIpc) is 3.46. The molecule has 0 atom stereocenters. The Morgan fingerprint density at radius 3 is 2.37 bits per heavy atom. The van der Waals surface area contributed by atoms with Crippen LogP contribution >= 0.6 is 0 Å². The van der Waals surface area contributed by atoms with E-state index in [1.807, 2.05) is 0 Å². The number of amides is 1. The van der Waals surface area contributed by atoms with Gasteiger partial charge < -0.3 is 4.90 Å². The average molecular weight is 394 g/mol. The van der Waals surface area contributed by atoms with Crippen molar-refractivity contribution in [1.29, 1.82) is 0 Å². The van der Waals surface area contributed by atoms with E-state index in [0.29, 0.717) is 5.56 Å². The Bertz CT molecular complexity index is 913. The molecule has 1 aliphatic carbocycles. The lowest BCUT2D eigenvalue weighted by molar-refractivity contribution is -0.132. The van der Waals surface area contributed by atoms with E-state index in [9.17, 15) is 22.0 Å². The Hall–Kier alpha value is -2.32. The largest absolute Gasteiger partial charge is 0.335 e. The summed E-state index contributed by atoms with van der Waals surface area (Å²) in [6, 6.07) is 10.8. The number of hydrogen-bond donors (Lipinski definition) is 1. The van der Waals surface area contributed by atoms with Crippen LogP contribution in [0, 0.1) is 11.6 Å². The van der Waals surface area contributed by atoms with Crippen LogP contribution in [0.1, 0.15) is 24.8 Å². The summed E-state index contributed by atoms with van der Waals surface area (Å²) in [6.45, 7) is 0.0833. The highest BCUT2D eigenvalue weighted by Gasteiger charge is 2.32. The summed E-state index contributed by atoms with van der Waals surface area (Å²) >= 11 is 0. The Morgan fingerprint density at radius 1 is 1.07 bits per heavy atom. The smallest absolute Gasteiger partial charge is 0.240 e. The maximum Gasteiger partial charge on any atom is 0.240 e. The summed E-state index contributed by atoms with van der Waals surface area (Å²) in [6.07, 6.45) is 1.69. The van der Waals surface area contributed by atoms with Gasteiger partial charge in [-0.1, -0.05) is 18.2 Å². The van der Waals surface area contributed by atoms with Gasteiger partial charge in [-0.05, 0) is 43.2 Å². The van der Waals surface area contributed by atoms with Crippen LogP contribution in [0.2, 0.25) is 0 Å². The molecule has 144 valence electrons. The molecule has 0 saturated heterocycles. The van der Waals surface area contributed by atoms with Crippen molar-refractivity contribution in [3.8, 4) is 0 Å². The van der Waals surface area contributed by atoms with Crippen molar-refractivity contribution in [3.63, 3.8) is 0 Å². The van der Waals surface area contributed by atoms with E-state index >= 15 is 0 Å². The first-order valence-electron chi connectivity index (χ1n) is 8.65. The zero-order valence-corrected chi connectivity index (χ0v) is 15.4. The number of nitrogens with one attached hydrogen (secondary N) is 1. The first kappa shape index (κ1) is 19.4. The molecule has 8 heteroatoms. The highest BCUT2D eigenvalue weighted by Crippen LogP contribution is 2.29. The minimum atomic E-state index is -3.82. The molecule has 0 aromatic heterocycles. The zero-order chi connectivity index (χ0) is 19.4. The lowest BCUT2D eigenvalue weighted by Gasteiger charge is -2.23. The van der Waals surface area contributed by atoms with Crippen LogP contribution in [0.4, 0.5) is 8.78 Å². The van der Waals surface area contributed by atoms with Gasteiger partial charge in [0.05, 0.1) is 4.90 Å². The lowest BCUT2D eigenvalue weighted by Crippen LogP contribution is -2.36. The van der Waals surface area contributed by atoms with Gasteiger partial charge in [0, 0.05) is 31.1 Å². The molecule has 1 aliphatic rings. The summed E-state index contributed by atoms with van der Waals surface area (Å²) in [4.78, 5) is 14.1. The van der Waals surface area contributed by atoms with Crippen molar-refractivity contribution in [3.05, 3.63) is 65.7 Å². The monoisotopic (exact) mass is 394 g/mol. The summed E-state index contributed by atoms with van der Waals surface area (Å²) in [5, 5.41) is 0. The second kappa shape index (κ2) is 8.14. The number of hydrogen-bond acceptors (Lipinski definition) is 3. The first-order chi connectivity index (χ1) is 12.9. The molecule has 2 aromatic carbocycles. The third-order valence-corrected chi connectivity index (χ3v) is 5.84. The van der Waals surface area contributed by atoms with Crippen molar-refractivity contribution in [2.75, 3.05) is 6.54 Å². The Kier molecular flexibility index (Phi) is 5.86. The third-order valence-electron chi connectivity index (χ3n) is 4.36.